The van der Waals surface area contributed by atoms with Gasteiger partial charge in [0.2, 0.25) is 0 Å². The quantitative estimate of drug-likeness (QED) is 0.440. The van der Waals surface area contributed by atoms with Crippen LogP contribution < -0.4 is 5.73 Å². The summed E-state index contributed by atoms with van der Waals surface area (Å²) in [7, 11) is 0. The van der Waals surface area contributed by atoms with Gasteiger partial charge in [-0.25, -0.2) is 4.98 Å². The first kappa shape index (κ1) is 13.2. The number of nitrogens with zero attached hydrogens (tertiary/aromatic N) is 2. The van der Waals surface area contributed by atoms with Gasteiger partial charge in [-0.15, -0.1) is 0 Å². The smallest absolute Gasteiger partial charge is 0.271 e. The predicted octanol–water partition coefficient (Wildman–Crippen LogP) is 2.77. The molecule has 0 fully saturated rings. The summed E-state index contributed by atoms with van der Waals surface area (Å²) in [6.45, 7) is 0. The van der Waals surface area contributed by atoms with E-state index in [1.54, 1.807) is 6.07 Å². The van der Waals surface area contributed by atoms with E-state index in [1.165, 1.54) is 12.1 Å². The molecule has 3 rings (SSSR count). The minimum absolute atomic E-state index is 0.0292. The summed E-state index contributed by atoms with van der Waals surface area (Å²) in [6, 6.07) is 11.8. The Hall–Kier alpha value is -2.80. The van der Waals surface area contributed by atoms with Gasteiger partial charge >= 0.3 is 0 Å². The van der Waals surface area contributed by atoms with Crippen LogP contribution in [0.4, 0.5) is 5.69 Å². The fraction of sp³-hybridized carbons (Fsp3) is 0. The molecule has 2 aromatic carbocycles. The van der Waals surface area contributed by atoms with Gasteiger partial charge in [0.15, 0.2) is 0 Å². The summed E-state index contributed by atoms with van der Waals surface area (Å²) in [6.07, 6.45) is 0. The van der Waals surface area contributed by atoms with Crippen molar-refractivity contribution in [2.75, 3.05) is 0 Å². The van der Waals surface area contributed by atoms with Crippen molar-refractivity contribution in [3.8, 4) is 11.4 Å². The maximum atomic E-state index is 10.8. The van der Waals surface area contributed by atoms with Gasteiger partial charge in [0, 0.05) is 23.3 Å². The second-order valence-electron chi connectivity index (χ2n) is 4.49. The van der Waals surface area contributed by atoms with Gasteiger partial charge in [-0.2, -0.15) is 0 Å². The number of fused-ring (bicyclic) bond motifs is 1. The summed E-state index contributed by atoms with van der Waals surface area (Å²) in [4.78, 5) is 18.2. The molecule has 0 saturated carbocycles. The van der Waals surface area contributed by atoms with Crippen LogP contribution in [0, 0.1) is 10.1 Å². The van der Waals surface area contributed by atoms with Gasteiger partial charge in [0.25, 0.3) is 5.69 Å². The third-order valence-corrected chi connectivity index (χ3v) is 3.35. The standard InChI is InChI=1S/C14H10N4O2S/c15-13(21)8-1-3-9(4-2-8)14-16-11-6-5-10(18(19)20)7-12(11)17-14/h1-7H,(H2,15,21)(H,16,17). The van der Waals surface area contributed by atoms with E-state index in [0.717, 1.165) is 11.1 Å². The molecule has 0 unspecified atom stereocenters. The summed E-state index contributed by atoms with van der Waals surface area (Å²) in [5, 5.41) is 10.8. The topological polar surface area (TPSA) is 97.8 Å². The van der Waals surface area contributed by atoms with E-state index in [9.17, 15) is 10.1 Å². The van der Waals surface area contributed by atoms with Crippen molar-refractivity contribution < 1.29 is 4.92 Å². The second-order valence-corrected chi connectivity index (χ2v) is 4.93. The number of nitro groups is 1. The molecule has 3 aromatic rings. The van der Waals surface area contributed by atoms with Crippen LogP contribution in [0.3, 0.4) is 0 Å². The molecule has 7 heteroatoms. The molecule has 21 heavy (non-hydrogen) atoms. The molecular weight excluding hydrogens is 288 g/mol. The zero-order valence-corrected chi connectivity index (χ0v) is 11.6. The van der Waals surface area contributed by atoms with Crippen LogP contribution in [-0.4, -0.2) is 19.9 Å². The third kappa shape index (κ3) is 2.46. The number of nitrogens with one attached hydrogen (secondary N) is 1. The molecular formula is C14H10N4O2S. The van der Waals surface area contributed by atoms with Gasteiger partial charge in [-0.05, 0) is 6.07 Å². The molecule has 0 atom stereocenters. The van der Waals surface area contributed by atoms with E-state index in [2.05, 4.69) is 9.97 Å². The average Bonchev–Trinajstić information content (AvgIpc) is 2.90. The highest BCUT2D eigenvalue weighted by Gasteiger charge is 2.10. The number of thiocarbonyl (C=S) groups is 1. The number of aromatic nitrogens is 2. The van der Waals surface area contributed by atoms with Crippen molar-refractivity contribution >= 4 is 33.9 Å². The van der Waals surface area contributed by atoms with Crippen LogP contribution >= 0.6 is 12.2 Å². The number of benzene rings is 2. The number of nitrogens with two attached hydrogens (primary N) is 1. The van der Waals surface area contributed by atoms with E-state index >= 15 is 0 Å². The van der Waals surface area contributed by atoms with Crippen LogP contribution in [0.5, 0.6) is 0 Å². The van der Waals surface area contributed by atoms with Crippen LogP contribution in [0.1, 0.15) is 5.56 Å². The summed E-state index contributed by atoms with van der Waals surface area (Å²) < 4.78 is 0. The van der Waals surface area contributed by atoms with E-state index < -0.39 is 4.92 Å². The summed E-state index contributed by atoms with van der Waals surface area (Å²) in [5.41, 5.74) is 8.51. The normalized spacial score (nSPS) is 10.7. The summed E-state index contributed by atoms with van der Waals surface area (Å²) in [5.74, 6) is 0.639. The lowest BCUT2D eigenvalue weighted by Crippen LogP contribution is -2.08. The zero-order valence-electron chi connectivity index (χ0n) is 10.7. The van der Waals surface area contributed by atoms with E-state index in [-0.39, 0.29) is 5.69 Å². The minimum Gasteiger partial charge on any atom is -0.389 e. The molecule has 0 radical (unpaired) electrons. The highest BCUT2D eigenvalue weighted by Crippen LogP contribution is 2.24. The Bertz CT molecular complexity index is 855. The van der Waals surface area contributed by atoms with Crippen LogP contribution in [0.2, 0.25) is 0 Å². The third-order valence-electron chi connectivity index (χ3n) is 3.12. The van der Waals surface area contributed by atoms with Crippen molar-refractivity contribution in [3.63, 3.8) is 0 Å². The first-order chi connectivity index (χ1) is 10.0. The first-order valence-electron chi connectivity index (χ1n) is 6.09. The van der Waals surface area contributed by atoms with Crippen LogP contribution in [0.15, 0.2) is 42.5 Å². The van der Waals surface area contributed by atoms with E-state index in [4.69, 9.17) is 18.0 Å². The lowest BCUT2D eigenvalue weighted by atomic mass is 10.1. The monoisotopic (exact) mass is 298 g/mol. The number of nitro benzene ring substituents is 1. The highest BCUT2D eigenvalue weighted by atomic mass is 32.1. The van der Waals surface area contributed by atoms with Crippen LogP contribution in [-0.2, 0) is 0 Å². The number of aromatic amines is 1. The molecule has 0 amide bonds. The maximum Gasteiger partial charge on any atom is 0.271 e. The highest BCUT2D eigenvalue weighted by molar-refractivity contribution is 7.80. The maximum absolute atomic E-state index is 10.8. The fourth-order valence-corrected chi connectivity index (χ4v) is 2.18. The molecule has 3 N–H and O–H groups in total. The molecule has 0 bridgehead atoms. The number of hydrogen-bond donors (Lipinski definition) is 2. The molecule has 0 spiro atoms. The summed E-state index contributed by atoms with van der Waals surface area (Å²) >= 11 is 4.90. The molecule has 0 aliphatic heterocycles. The largest absolute Gasteiger partial charge is 0.389 e. The van der Waals surface area contributed by atoms with Crippen LogP contribution in [0.25, 0.3) is 22.4 Å². The number of imidazole rings is 1. The SMILES string of the molecule is NC(=S)c1ccc(-c2nc3ccc([N+](=O)[O-])cc3[nH]2)cc1. The number of hydrogen-bond acceptors (Lipinski definition) is 4. The van der Waals surface area contributed by atoms with Gasteiger partial charge in [-0.1, -0.05) is 36.5 Å². The molecule has 0 saturated heterocycles. The Labute approximate surface area is 124 Å². The van der Waals surface area contributed by atoms with Crippen molar-refractivity contribution in [1.82, 2.24) is 9.97 Å². The molecule has 1 aromatic heterocycles. The van der Waals surface area contributed by atoms with E-state index in [0.29, 0.717) is 21.8 Å². The Morgan fingerprint density at radius 2 is 1.95 bits per heavy atom. The molecule has 6 nitrogen and oxygen atoms in total. The van der Waals surface area contributed by atoms with Crippen molar-refractivity contribution in [1.29, 1.82) is 0 Å². The lowest BCUT2D eigenvalue weighted by Gasteiger charge is -1.99. The Kier molecular flexibility index (Phi) is 3.11. The average molecular weight is 298 g/mol. The first-order valence-corrected chi connectivity index (χ1v) is 6.50. The Morgan fingerprint density at radius 3 is 2.57 bits per heavy atom. The predicted molar refractivity (Wildman–Crippen MR) is 84.1 cm³/mol. The lowest BCUT2D eigenvalue weighted by molar-refractivity contribution is -0.384. The Balaban J connectivity index is 2.04. The fourth-order valence-electron chi connectivity index (χ4n) is 2.04. The number of H-pyrrole nitrogens is 1. The van der Waals surface area contributed by atoms with Gasteiger partial charge in [0.1, 0.15) is 10.8 Å². The van der Waals surface area contributed by atoms with Gasteiger partial charge in [0.05, 0.1) is 16.0 Å². The van der Waals surface area contributed by atoms with Crippen molar-refractivity contribution in [2.24, 2.45) is 5.73 Å². The molecule has 1 heterocycles. The number of rotatable bonds is 3. The minimum atomic E-state index is -0.434. The van der Waals surface area contributed by atoms with Gasteiger partial charge < -0.3 is 10.7 Å². The molecule has 104 valence electrons. The van der Waals surface area contributed by atoms with Crippen molar-refractivity contribution in [2.45, 2.75) is 0 Å². The zero-order chi connectivity index (χ0) is 15.0. The second kappa shape index (κ2) is 4.95. The molecule has 0 aliphatic rings. The molecule has 0 aliphatic carbocycles. The van der Waals surface area contributed by atoms with Crippen molar-refractivity contribution in [3.05, 3.63) is 58.1 Å². The van der Waals surface area contributed by atoms with E-state index in [1.807, 2.05) is 24.3 Å². The number of non-ortho nitro benzene ring substituents is 1. The Morgan fingerprint density at radius 1 is 1.24 bits per heavy atom. The van der Waals surface area contributed by atoms with Gasteiger partial charge in [-0.3, -0.25) is 10.1 Å².